The molecule has 2 fully saturated rings. The zero-order valence-electron chi connectivity index (χ0n) is 14.1. The van der Waals surface area contributed by atoms with E-state index in [1.807, 2.05) is 18.2 Å². The molecule has 2 aliphatic rings. The lowest BCUT2D eigenvalue weighted by atomic mass is 10.1. The number of hydrogen-bond donors (Lipinski definition) is 1. The van der Waals surface area contributed by atoms with Gasteiger partial charge in [-0.05, 0) is 12.0 Å². The van der Waals surface area contributed by atoms with Gasteiger partial charge < -0.3 is 14.8 Å². The maximum atomic E-state index is 13.4. The summed E-state index contributed by atoms with van der Waals surface area (Å²) in [5.41, 5.74) is 1.21. The second-order valence-electron chi connectivity index (χ2n) is 6.47. The molecular weight excluding hydrogens is 323 g/mol. The first-order chi connectivity index (χ1) is 12.2. The molecule has 2 aliphatic heterocycles. The van der Waals surface area contributed by atoms with Gasteiger partial charge >= 0.3 is 0 Å². The van der Waals surface area contributed by atoms with Crippen molar-refractivity contribution in [3.8, 4) is 5.88 Å². The summed E-state index contributed by atoms with van der Waals surface area (Å²) in [4.78, 5) is 10.5. The third kappa shape index (κ3) is 3.43. The van der Waals surface area contributed by atoms with Gasteiger partial charge in [0.25, 0.3) is 5.88 Å². The van der Waals surface area contributed by atoms with Crippen LogP contribution in [0.1, 0.15) is 18.1 Å². The summed E-state index contributed by atoms with van der Waals surface area (Å²) in [5, 5.41) is 3.29. The number of aromatic nitrogens is 2. The molecule has 6 nitrogen and oxygen atoms in total. The highest BCUT2D eigenvalue weighted by Crippen LogP contribution is 2.31. The van der Waals surface area contributed by atoms with E-state index in [1.165, 1.54) is 12.7 Å². The van der Waals surface area contributed by atoms with Crippen LogP contribution in [0.5, 0.6) is 5.88 Å². The van der Waals surface area contributed by atoms with Crippen molar-refractivity contribution in [1.29, 1.82) is 0 Å². The summed E-state index contributed by atoms with van der Waals surface area (Å²) >= 11 is 0. The van der Waals surface area contributed by atoms with Crippen LogP contribution in [0.2, 0.25) is 0 Å². The van der Waals surface area contributed by atoms with Gasteiger partial charge in [-0.1, -0.05) is 30.3 Å². The summed E-state index contributed by atoms with van der Waals surface area (Å²) in [5.74, 6) is -0.208. The van der Waals surface area contributed by atoms with Crippen molar-refractivity contribution in [2.24, 2.45) is 0 Å². The second kappa shape index (κ2) is 6.93. The lowest BCUT2D eigenvalue weighted by Crippen LogP contribution is -2.42. The number of methoxy groups -OCH3 is 1. The third-order valence-electron chi connectivity index (χ3n) is 4.83. The van der Waals surface area contributed by atoms with E-state index in [0.717, 1.165) is 25.7 Å². The molecule has 25 heavy (non-hydrogen) atoms. The maximum absolute atomic E-state index is 13.4. The molecule has 132 valence electrons. The molecule has 1 N–H and O–H groups in total. The predicted molar refractivity (Wildman–Crippen MR) is 91.1 cm³/mol. The molecule has 4 rings (SSSR count). The van der Waals surface area contributed by atoms with Crippen LogP contribution in [0, 0.1) is 5.82 Å². The molecule has 0 unspecified atom stereocenters. The SMILES string of the molecule is COc1nc(N[C@@H]2C[C@H]3CO[C@@H](c4ccccc4)CN3C2)ncc1F. The summed E-state index contributed by atoms with van der Waals surface area (Å²) in [6.45, 7) is 2.48. The molecule has 3 atom stereocenters. The fourth-order valence-electron chi connectivity index (χ4n) is 3.59. The van der Waals surface area contributed by atoms with E-state index in [0.29, 0.717) is 18.6 Å². The molecule has 0 spiro atoms. The van der Waals surface area contributed by atoms with Crippen LogP contribution in [0.15, 0.2) is 36.5 Å². The third-order valence-corrected chi connectivity index (χ3v) is 4.83. The number of ether oxygens (including phenoxy) is 2. The van der Waals surface area contributed by atoms with Gasteiger partial charge in [0.1, 0.15) is 0 Å². The molecule has 0 amide bonds. The number of fused-ring (bicyclic) bond motifs is 1. The minimum atomic E-state index is -0.559. The van der Waals surface area contributed by atoms with Crippen LogP contribution < -0.4 is 10.1 Å². The molecule has 1 aromatic heterocycles. The number of rotatable bonds is 4. The Morgan fingerprint density at radius 2 is 2.12 bits per heavy atom. The summed E-state index contributed by atoms with van der Waals surface area (Å²) < 4.78 is 24.4. The topological polar surface area (TPSA) is 59.5 Å². The lowest BCUT2D eigenvalue weighted by Gasteiger charge is -2.35. The van der Waals surface area contributed by atoms with Crippen molar-refractivity contribution >= 4 is 5.95 Å². The highest BCUT2D eigenvalue weighted by Gasteiger charge is 2.38. The van der Waals surface area contributed by atoms with Gasteiger partial charge in [-0.25, -0.2) is 4.98 Å². The van der Waals surface area contributed by atoms with Gasteiger partial charge in [0.15, 0.2) is 0 Å². The Balaban J connectivity index is 1.40. The monoisotopic (exact) mass is 344 g/mol. The molecule has 2 aromatic rings. The van der Waals surface area contributed by atoms with Gasteiger partial charge in [0.05, 0.1) is 26.0 Å². The maximum Gasteiger partial charge on any atom is 0.255 e. The van der Waals surface area contributed by atoms with Crippen LogP contribution in [-0.4, -0.2) is 53.8 Å². The number of nitrogens with one attached hydrogen (secondary N) is 1. The molecule has 2 saturated heterocycles. The van der Waals surface area contributed by atoms with Gasteiger partial charge in [0.2, 0.25) is 11.8 Å². The van der Waals surface area contributed by atoms with Gasteiger partial charge in [-0.2, -0.15) is 9.37 Å². The smallest absolute Gasteiger partial charge is 0.255 e. The Hall–Kier alpha value is -2.25. The van der Waals surface area contributed by atoms with Crippen LogP contribution in [0.25, 0.3) is 0 Å². The van der Waals surface area contributed by atoms with Crippen molar-refractivity contribution in [3.63, 3.8) is 0 Å². The molecule has 7 heteroatoms. The lowest BCUT2D eigenvalue weighted by molar-refractivity contribution is -0.0501. The van der Waals surface area contributed by atoms with E-state index in [4.69, 9.17) is 9.47 Å². The normalized spacial score (nSPS) is 26.2. The molecule has 0 aliphatic carbocycles. The van der Waals surface area contributed by atoms with E-state index >= 15 is 0 Å². The Kier molecular flexibility index (Phi) is 4.50. The van der Waals surface area contributed by atoms with Crippen LogP contribution in [0.3, 0.4) is 0 Å². The number of hydrogen-bond acceptors (Lipinski definition) is 6. The molecular formula is C18H21FN4O2. The van der Waals surface area contributed by atoms with Crippen LogP contribution >= 0.6 is 0 Å². The quantitative estimate of drug-likeness (QED) is 0.918. The van der Waals surface area contributed by atoms with E-state index in [2.05, 4.69) is 32.3 Å². The van der Waals surface area contributed by atoms with Crippen molar-refractivity contribution in [1.82, 2.24) is 14.9 Å². The van der Waals surface area contributed by atoms with Gasteiger partial charge in [0, 0.05) is 25.2 Å². The molecule has 1 aromatic carbocycles. The Morgan fingerprint density at radius 3 is 2.92 bits per heavy atom. The largest absolute Gasteiger partial charge is 0.479 e. The van der Waals surface area contributed by atoms with Gasteiger partial charge in [-0.15, -0.1) is 0 Å². The van der Waals surface area contributed by atoms with Crippen molar-refractivity contribution in [2.45, 2.75) is 24.6 Å². The fraction of sp³-hybridized carbons (Fsp3) is 0.444. The first-order valence-electron chi connectivity index (χ1n) is 8.46. The zero-order chi connectivity index (χ0) is 17.2. The highest BCUT2D eigenvalue weighted by atomic mass is 19.1. The Morgan fingerprint density at radius 1 is 1.28 bits per heavy atom. The zero-order valence-corrected chi connectivity index (χ0v) is 14.1. The standard InChI is InChI=1S/C18H21FN4O2/c1-24-17-15(19)8-20-18(22-17)21-13-7-14-11-25-16(10-23(14)9-13)12-5-3-2-4-6-12/h2-6,8,13-14,16H,7,9-11H2,1H3,(H,20,21,22)/t13-,14+,16-/m1/s1. The van der Waals surface area contributed by atoms with E-state index in [1.54, 1.807) is 0 Å². The molecule has 3 heterocycles. The van der Waals surface area contributed by atoms with E-state index in [9.17, 15) is 4.39 Å². The van der Waals surface area contributed by atoms with E-state index < -0.39 is 5.82 Å². The minimum Gasteiger partial charge on any atom is -0.479 e. The first-order valence-corrected chi connectivity index (χ1v) is 8.46. The predicted octanol–water partition coefficient (Wildman–Crippen LogP) is 2.25. The van der Waals surface area contributed by atoms with Crippen molar-refractivity contribution in [3.05, 3.63) is 47.9 Å². The first kappa shape index (κ1) is 16.2. The average Bonchev–Trinajstić information content (AvgIpc) is 3.05. The summed E-state index contributed by atoms with van der Waals surface area (Å²) in [6, 6.07) is 10.9. The van der Waals surface area contributed by atoms with Crippen molar-refractivity contribution < 1.29 is 13.9 Å². The number of morpholine rings is 1. The van der Waals surface area contributed by atoms with Crippen molar-refractivity contribution in [2.75, 3.05) is 32.1 Å². The van der Waals surface area contributed by atoms with Gasteiger partial charge in [-0.3, -0.25) is 4.90 Å². The number of nitrogens with zero attached hydrogens (tertiary/aromatic N) is 3. The van der Waals surface area contributed by atoms with Crippen LogP contribution in [-0.2, 0) is 4.74 Å². The second-order valence-corrected chi connectivity index (χ2v) is 6.47. The Bertz CT molecular complexity index is 730. The Labute approximate surface area is 146 Å². The summed E-state index contributed by atoms with van der Waals surface area (Å²) in [7, 11) is 1.39. The average molecular weight is 344 g/mol. The van der Waals surface area contributed by atoms with E-state index in [-0.39, 0.29) is 18.0 Å². The molecule has 0 saturated carbocycles. The number of benzene rings is 1. The fourth-order valence-corrected chi connectivity index (χ4v) is 3.59. The molecule has 0 bridgehead atoms. The van der Waals surface area contributed by atoms with Crippen LogP contribution in [0.4, 0.5) is 10.3 Å². The number of anilines is 1. The summed E-state index contributed by atoms with van der Waals surface area (Å²) in [6.07, 6.45) is 2.19. The molecule has 0 radical (unpaired) electrons. The number of halogens is 1. The highest BCUT2D eigenvalue weighted by molar-refractivity contribution is 5.30. The minimum absolute atomic E-state index is 0.0410.